The van der Waals surface area contributed by atoms with Gasteiger partial charge in [0.05, 0.1) is 21.5 Å². The standard InChI is InChI=1S/C13H15ClN4OS/c1-8-6-9(17-13(16-8)18(2)3)7-15-12(19)10-4-5-11(14)20-10/h4-6H,7H2,1-3H3,(H,15,19). The fourth-order valence-corrected chi connectivity index (χ4v) is 2.56. The lowest BCUT2D eigenvalue weighted by molar-refractivity contribution is 0.0954. The molecule has 0 aliphatic carbocycles. The van der Waals surface area contributed by atoms with Crippen molar-refractivity contribution in [2.45, 2.75) is 13.5 Å². The van der Waals surface area contributed by atoms with Crippen molar-refractivity contribution in [2.24, 2.45) is 0 Å². The summed E-state index contributed by atoms with van der Waals surface area (Å²) in [5, 5.41) is 2.83. The molecule has 0 aliphatic rings. The summed E-state index contributed by atoms with van der Waals surface area (Å²) in [6, 6.07) is 5.27. The number of carbonyl (C=O) groups excluding carboxylic acids is 1. The van der Waals surface area contributed by atoms with Crippen LogP contribution in [0.2, 0.25) is 4.34 Å². The highest BCUT2D eigenvalue weighted by Gasteiger charge is 2.10. The maximum absolute atomic E-state index is 11.9. The topological polar surface area (TPSA) is 58.1 Å². The van der Waals surface area contributed by atoms with Gasteiger partial charge in [-0.15, -0.1) is 11.3 Å². The molecule has 0 atom stereocenters. The van der Waals surface area contributed by atoms with E-state index in [1.54, 1.807) is 12.1 Å². The van der Waals surface area contributed by atoms with E-state index in [-0.39, 0.29) is 5.91 Å². The molecule has 0 bridgehead atoms. The second-order valence-electron chi connectivity index (χ2n) is 4.48. The summed E-state index contributed by atoms with van der Waals surface area (Å²) in [6.45, 7) is 2.26. The molecule has 0 aliphatic heterocycles. The highest BCUT2D eigenvalue weighted by molar-refractivity contribution is 7.17. The Labute approximate surface area is 126 Å². The number of amides is 1. The number of nitrogens with one attached hydrogen (secondary N) is 1. The Morgan fingerprint density at radius 2 is 2.15 bits per heavy atom. The molecule has 1 N–H and O–H groups in total. The monoisotopic (exact) mass is 310 g/mol. The fourth-order valence-electron chi connectivity index (χ4n) is 1.60. The zero-order valence-electron chi connectivity index (χ0n) is 11.5. The minimum Gasteiger partial charge on any atom is -0.347 e. The highest BCUT2D eigenvalue weighted by atomic mass is 35.5. The summed E-state index contributed by atoms with van der Waals surface area (Å²) >= 11 is 7.07. The molecule has 0 saturated heterocycles. The third-order valence-corrected chi connectivity index (χ3v) is 3.75. The molecule has 0 unspecified atom stereocenters. The third-order valence-electron chi connectivity index (χ3n) is 2.52. The van der Waals surface area contributed by atoms with Crippen LogP contribution in [0.5, 0.6) is 0 Å². The molecule has 2 aromatic heterocycles. The van der Waals surface area contributed by atoms with Gasteiger partial charge in [0.25, 0.3) is 5.91 Å². The van der Waals surface area contributed by atoms with Gasteiger partial charge < -0.3 is 10.2 Å². The van der Waals surface area contributed by atoms with Crippen molar-refractivity contribution in [1.29, 1.82) is 0 Å². The van der Waals surface area contributed by atoms with Crippen LogP contribution in [0.3, 0.4) is 0 Å². The van der Waals surface area contributed by atoms with Gasteiger partial charge in [-0.1, -0.05) is 11.6 Å². The summed E-state index contributed by atoms with van der Waals surface area (Å²) in [7, 11) is 3.76. The molecular formula is C13H15ClN4OS. The minimum absolute atomic E-state index is 0.149. The van der Waals surface area contributed by atoms with Gasteiger partial charge in [-0.25, -0.2) is 9.97 Å². The molecule has 2 aromatic rings. The van der Waals surface area contributed by atoms with E-state index in [2.05, 4.69) is 15.3 Å². The first-order chi connectivity index (χ1) is 9.45. The van der Waals surface area contributed by atoms with E-state index in [1.165, 1.54) is 11.3 Å². The van der Waals surface area contributed by atoms with Gasteiger partial charge in [-0.3, -0.25) is 4.79 Å². The summed E-state index contributed by atoms with van der Waals surface area (Å²) in [5.74, 6) is 0.484. The average molecular weight is 311 g/mol. The largest absolute Gasteiger partial charge is 0.347 e. The second kappa shape index (κ2) is 6.19. The molecule has 0 aromatic carbocycles. The van der Waals surface area contributed by atoms with Gasteiger partial charge in [0, 0.05) is 19.8 Å². The van der Waals surface area contributed by atoms with Crippen LogP contribution in [0, 0.1) is 6.92 Å². The van der Waals surface area contributed by atoms with Crippen LogP contribution in [0.25, 0.3) is 0 Å². The van der Waals surface area contributed by atoms with Crippen molar-refractivity contribution >= 4 is 34.8 Å². The Morgan fingerprint density at radius 1 is 1.40 bits per heavy atom. The fraction of sp³-hybridized carbons (Fsp3) is 0.308. The molecule has 2 rings (SSSR count). The number of nitrogens with zero attached hydrogens (tertiary/aromatic N) is 3. The number of anilines is 1. The van der Waals surface area contributed by atoms with E-state index in [9.17, 15) is 4.79 Å². The Bertz CT molecular complexity index is 627. The van der Waals surface area contributed by atoms with Gasteiger partial charge in [-0.2, -0.15) is 0 Å². The van der Waals surface area contributed by atoms with Crippen molar-refractivity contribution in [3.63, 3.8) is 0 Å². The van der Waals surface area contributed by atoms with Crippen LogP contribution in [0.15, 0.2) is 18.2 Å². The molecule has 0 fully saturated rings. The van der Waals surface area contributed by atoms with E-state index in [0.717, 1.165) is 11.4 Å². The molecular weight excluding hydrogens is 296 g/mol. The maximum Gasteiger partial charge on any atom is 0.261 e. The smallest absolute Gasteiger partial charge is 0.261 e. The highest BCUT2D eigenvalue weighted by Crippen LogP contribution is 2.21. The van der Waals surface area contributed by atoms with Gasteiger partial charge >= 0.3 is 0 Å². The maximum atomic E-state index is 11.9. The molecule has 7 heteroatoms. The van der Waals surface area contributed by atoms with E-state index in [4.69, 9.17) is 11.6 Å². The number of aryl methyl sites for hydroxylation is 1. The number of halogens is 1. The zero-order chi connectivity index (χ0) is 14.7. The minimum atomic E-state index is -0.149. The average Bonchev–Trinajstić information content (AvgIpc) is 2.82. The Kier molecular flexibility index (Phi) is 4.57. The summed E-state index contributed by atoms with van der Waals surface area (Å²) in [4.78, 5) is 23.0. The summed E-state index contributed by atoms with van der Waals surface area (Å²) in [5.41, 5.74) is 1.64. The van der Waals surface area contributed by atoms with E-state index in [0.29, 0.717) is 21.7 Å². The van der Waals surface area contributed by atoms with Crippen molar-refractivity contribution < 1.29 is 4.79 Å². The van der Waals surface area contributed by atoms with Crippen molar-refractivity contribution in [2.75, 3.05) is 19.0 Å². The van der Waals surface area contributed by atoms with Crippen LogP contribution >= 0.6 is 22.9 Å². The number of aromatic nitrogens is 2. The second-order valence-corrected chi connectivity index (χ2v) is 6.20. The van der Waals surface area contributed by atoms with Gasteiger partial charge in [0.1, 0.15) is 0 Å². The lowest BCUT2D eigenvalue weighted by Crippen LogP contribution is -2.23. The van der Waals surface area contributed by atoms with Crippen LogP contribution in [-0.2, 0) is 6.54 Å². The predicted octanol–water partition coefficient (Wildman–Crippen LogP) is 2.50. The normalized spacial score (nSPS) is 10.4. The van der Waals surface area contributed by atoms with Crippen LogP contribution in [0.4, 0.5) is 5.95 Å². The van der Waals surface area contributed by atoms with Gasteiger partial charge in [0.2, 0.25) is 5.95 Å². The predicted molar refractivity (Wildman–Crippen MR) is 81.6 cm³/mol. The van der Waals surface area contributed by atoms with Crippen molar-refractivity contribution in [1.82, 2.24) is 15.3 Å². The van der Waals surface area contributed by atoms with Crippen LogP contribution < -0.4 is 10.2 Å². The zero-order valence-corrected chi connectivity index (χ0v) is 13.0. The van der Waals surface area contributed by atoms with Gasteiger partial charge in [0.15, 0.2) is 0 Å². The molecule has 0 radical (unpaired) electrons. The Hall–Kier alpha value is -1.66. The number of thiophene rings is 1. The molecule has 2 heterocycles. The molecule has 0 saturated carbocycles. The number of rotatable bonds is 4. The third kappa shape index (κ3) is 3.68. The molecule has 106 valence electrons. The molecule has 0 spiro atoms. The molecule has 5 nitrogen and oxygen atoms in total. The Balaban J connectivity index is 2.05. The van der Waals surface area contributed by atoms with Crippen molar-refractivity contribution in [3.8, 4) is 0 Å². The van der Waals surface area contributed by atoms with Crippen LogP contribution in [-0.4, -0.2) is 30.0 Å². The first-order valence-corrected chi connectivity index (χ1v) is 7.20. The molecule has 20 heavy (non-hydrogen) atoms. The number of carbonyl (C=O) groups is 1. The quantitative estimate of drug-likeness (QED) is 0.942. The first kappa shape index (κ1) is 14.7. The molecule has 1 amide bonds. The van der Waals surface area contributed by atoms with E-state index in [1.807, 2.05) is 32.0 Å². The lowest BCUT2D eigenvalue weighted by Gasteiger charge is -2.12. The lowest BCUT2D eigenvalue weighted by atomic mass is 10.3. The SMILES string of the molecule is Cc1cc(CNC(=O)c2ccc(Cl)s2)nc(N(C)C)n1. The van der Waals surface area contributed by atoms with E-state index < -0.39 is 0 Å². The van der Waals surface area contributed by atoms with E-state index >= 15 is 0 Å². The summed E-state index contributed by atoms with van der Waals surface area (Å²) in [6.07, 6.45) is 0. The summed E-state index contributed by atoms with van der Waals surface area (Å²) < 4.78 is 0.600. The Morgan fingerprint density at radius 3 is 2.75 bits per heavy atom. The first-order valence-electron chi connectivity index (χ1n) is 6.01. The van der Waals surface area contributed by atoms with Gasteiger partial charge in [-0.05, 0) is 25.1 Å². The van der Waals surface area contributed by atoms with Crippen LogP contribution in [0.1, 0.15) is 21.1 Å². The number of hydrogen-bond donors (Lipinski definition) is 1. The van der Waals surface area contributed by atoms with Crippen molar-refractivity contribution in [3.05, 3.63) is 38.8 Å². The number of hydrogen-bond acceptors (Lipinski definition) is 5.